The van der Waals surface area contributed by atoms with Crippen LogP contribution in [0, 0.1) is 5.41 Å². The highest BCUT2D eigenvalue weighted by Gasteiger charge is 2.39. The second kappa shape index (κ2) is 6.49. The average Bonchev–Trinajstić information content (AvgIpc) is 2.51. The van der Waals surface area contributed by atoms with E-state index in [0.29, 0.717) is 18.6 Å². The molecule has 0 amide bonds. The van der Waals surface area contributed by atoms with Gasteiger partial charge in [0, 0.05) is 10.8 Å². The minimum atomic E-state index is -0.345. The summed E-state index contributed by atoms with van der Waals surface area (Å²) in [5, 5.41) is 20.0. The van der Waals surface area contributed by atoms with Crippen LogP contribution in [0.3, 0.4) is 0 Å². The summed E-state index contributed by atoms with van der Waals surface area (Å²) < 4.78 is 0. The van der Waals surface area contributed by atoms with E-state index in [0.717, 1.165) is 12.0 Å². The van der Waals surface area contributed by atoms with Gasteiger partial charge in [0.25, 0.3) is 0 Å². The molecule has 1 aromatic rings. The van der Waals surface area contributed by atoms with E-state index in [4.69, 9.17) is 0 Å². The second-order valence-corrected chi connectivity index (χ2v) is 6.86. The standard InChI is InChI=1S/C21H26O2/c1-5-13-21(14-6-2)15-17(9-12-19(21)23)20(3,4)16-7-10-18(22)11-8-16/h5-12,22-23H,1-2,13-15H2,3-4H3. The molecule has 2 heteroatoms. The molecule has 0 saturated heterocycles. The largest absolute Gasteiger partial charge is 0.512 e. The number of aliphatic hydroxyl groups excluding tert-OH is 1. The highest BCUT2D eigenvalue weighted by Crippen LogP contribution is 2.48. The molecule has 2 N–H and O–H groups in total. The van der Waals surface area contributed by atoms with E-state index in [-0.39, 0.29) is 16.6 Å². The first-order valence-electron chi connectivity index (χ1n) is 7.98. The molecule has 0 spiro atoms. The molecule has 1 aromatic carbocycles. The zero-order valence-electron chi connectivity index (χ0n) is 14.0. The van der Waals surface area contributed by atoms with Gasteiger partial charge >= 0.3 is 0 Å². The third-order valence-corrected chi connectivity index (χ3v) is 4.98. The van der Waals surface area contributed by atoms with Gasteiger partial charge in [0.1, 0.15) is 5.75 Å². The van der Waals surface area contributed by atoms with Crippen LogP contribution in [0.1, 0.15) is 38.7 Å². The number of phenolic OH excluding ortho intramolecular Hbond substituents is 1. The molecule has 0 unspecified atom stereocenters. The topological polar surface area (TPSA) is 40.5 Å². The van der Waals surface area contributed by atoms with Crippen molar-refractivity contribution in [3.05, 3.63) is 78.6 Å². The Kier molecular flexibility index (Phi) is 4.84. The van der Waals surface area contributed by atoms with Crippen LogP contribution in [-0.4, -0.2) is 10.2 Å². The Hall–Kier alpha value is -2.22. The molecule has 2 nitrogen and oxygen atoms in total. The fourth-order valence-electron chi connectivity index (χ4n) is 3.35. The monoisotopic (exact) mass is 310 g/mol. The van der Waals surface area contributed by atoms with Gasteiger partial charge in [-0.2, -0.15) is 0 Å². The lowest BCUT2D eigenvalue weighted by Gasteiger charge is -2.40. The highest BCUT2D eigenvalue weighted by atomic mass is 16.3. The zero-order valence-corrected chi connectivity index (χ0v) is 14.0. The summed E-state index contributed by atoms with van der Waals surface area (Å²) in [4.78, 5) is 0. The molecule has 1 aliphatic rings. The molecule has 0 bridgehead atoms. The number of aliphatic hydroxyl groups is 1. The summed E-state index contributed by atoms with van der Waals surface area (Å²) >= 11 is 0. The number of aromatic hydroxyl groups is 1. The summed E-state index contributed by atoms with van der Waals surface area (Å²) in [6.07, 6.45) is 9.75. The van der Waals surface area contributed by atoms with Crippen molar-refractivity contribution in [3.63, 3.8) is 0 Å². The molecule has 0 atom stereocenters. The Morgan fingerprint density at radius 3 is 2.13 bits per heavy atom. The molecule has 0 heterocycles. The van der Waals surface area contributed by atoms with Crippen molar-refractivity contribution in [1.29, 1.82) is 0 Å². The first kappa shape index (κ1) is 17.1. The van der Waals surface area contributed by atoms with Crippen LogP contribution in [0.2, 0.25) is 0 Å². The Morgan fingerprint density at radius 2 is 1.61 bits per heavy atom. The van der Waals surface area contributed by atoms with E-state index >= 15 is 0 Å². The zero-order chi connectivity index (χ0) is 17.1. The SMILES string of the molecule is C=CCC1(CC=C)CC(C(C)(C)c2ccc(O)cc2)=CC=C1O. The summed E-state index contributed by atoms with van der Waals surface area (Å²) in [5.41, 5.74) is 1.87. The molecule has 0 aliphatic heterocycles. The van der Waals surface area contributed by atoms with Crippen molar-refractivity contribution < 1.29 is 10.2 Å². The Labute approximate surface area is 139 Å². The molecule has 1 aliphatic carbocycles. The Bertz CT molecular complexity index is 635. The lowest BCUT2D eigenvalue weighted by Crippen LogP contribution is -2.31. The maximum Gasteiger partial charge on any atom is 0.115 e. The number of rotatable bonds is 6. The van der Waals surface area contributed by atoms with Crippen molar-refractivity contribution in [2.24, 2.45) is 5.41 Å². The third kappa shape index (κ3) is 3.26. The van der Waals surface area contributed by atoms with E-state index in [2.05, 4.69) is 27.0 Å². The summed E-state index contributed by atoms with van der Waals surface area (Å²) in [6, 6.07) is 7.34. The molecule has 0 saturated carbocycles. The number of benzene rings is 1. The van der Waals surface area contributed by atoms with Gasteiger partial charge < -0.3 is 10.2 Å². The van der Waals surface area contributed by atoms with Gasteiger partial charge in [0.05, 0.1) is 5.76 Å². The van der Waals surface area contributed by atoms with E-state index in [9.17, 15) is 10.2 Å². The fraction of sp³-hybridized carbons (Fsp3) is 0.333. The van der Waals surface area contributed by atoms with Crippen LogP contribution >= 0.6 is 0 Å². The van der Waals surface area contributed by atoms with Crippen LogP contribution < -0.4 is 0 Å². The van der Waals surface area contributed by atoms with Gasteiger partial charge in [0.2, 0.25) is 0 Å². The normalized spacial score (nSPS) is 17.1. The Morgan fingerprint density at radius 1 is 1.04 bits per heavy atom. The van der Waals surface area contributed by atoms with Gasteiger partial charge in [-0.05, 0) is 43.0 Å². The number of hydrogen-bond acceptors (Lipinski definition) is 2. The van der Waals surface area contributed by atoms with Crippen LogP contribution in [0.4, 0.5) is 0 Å². The smallest absolute Gasteiger partial charge is 0.115 e. The highest BCUT2D eigenvalue weighted by molar-refractivity contribution is 5.42. The molecule has 0 fully saturated rings. The molecular formula is C21H26O2. The molecule has 122 valence electrons. The molecular weight excluding hydrogens is 284 g/mol. The Balaban J connectivity index is 2.41. The van der Waals surface area contributed by atoms with Crippen molar-refractivity contribution in [2.45, 2.75) is 38.5 Å². The van der Waals surface area contributed by atoms with E-state index < -0.39 is 0 Å². The van der Waals surface area contributed by atoms with E-state index in [1.54, 1.807) is 12.1 Å². The van der Waals surface area contributed by atoms with Crippen molar-refractivity contribution >= 4 is 0 Å². The lowest BCUT2D eigenvalue weighted by atomic mass is 9.65. The summed E-state index contributed by atoms with van der Waals surface area (Å²) in [5.74, 6) is 0.676. The van der Waals surface area contributed by atoms with E-state index in [1.807, 2.05) is 36.4 Å². The van der Waals surface area contributed by atoms with Crippen LogP contribution in [0.5, 0.6) is 5.75 Å². The second-order valence-electron chi connectivity index (χ2n) is 6.86. The number of allylic oxidation sites excluding steroid dienone is 6. The summed E-state index contributed by atoms with van der Waals surface area (Å²) in [6.45, 7) is 12.1. The van der Waals surface area contributed by atoms with Gasteiger partial charge in [-0.3, -0.25) is 0 Å². The average molecular weight is 310 g/mol. The maximum absolute atomic E-state index is 10.5. The summed E-state index contributed by atoms with van der Waals surface area (Å²) in [7, 11) is 0. The van der Waals surface area contributed by atoms with Crippen LogP contribution in [0.25, 0.3) is 0 Å². The van der Waals surface area contributed by atoms with Gasteiger partial charge in [0.15, 0.2) is 0 Å². The fourth-order valence-corrected chi connectivity index (χ4v) is 3.35. The predicted octanol–water partition coefficient (Wildman–Crippen LogP) is 5.58. The molecule has 2 rings (SSSR count). The van der Waals surface area contributed by atoms with Crippen molar-refractivity contribution in [2.75, 3.05) is 0 Å². The quantitative estimate of drug-likeness (QED) is 0.673. The first-order chi connectivity index (χ1) is 10.9. The third-order valence-electron chi connectivity index (χ3n) is 4.98. The van der Waals surface area contributed by atoms with Gasteiger partial charge in [-0.25, -0.2) is 0 Å². The van der Waals surface area contributed by atoms with Gasteiger partial charge in [-0.1, -0.05) is 49.8 Å². The number of phenols is 1. The number of hydrogen-bond donors (Lipinski definition) is 2. The lowest BCUT2D eigenvalue weighted by molar-refractivity contribution is 0.208. The predicted molar refractivity (Wildman–Crippen MR) is 96.6 cm³/mol. The molecule has 0 radical (unpaired) electrons. The molecule has 0 aromatic heterocycles. The van der Waals surface area contributed by atoms with Crippen molar-refractivity contribution in [1.82, 2.24) is 0 Å². The van der Waals surface area contributed by atoms with Gasteiger partial charge in [-0.15, -0.1) is 13.2 Å². The minimum absolute atomic E-state index is 0.182. The van der Waals surface area contributed by atoms with E-state index in [1.165, 1.54) is 5.57 Å². The first-order valence-corrected chi connectivity index (χ1v) is 7.98. The molecule has 23 heavy (non-hydrogen) atoms. The van der Waals surface area contributed by atoms with Crippen LogP contribution in [0.15, 0.2) is 73.1 Å². The van der Waals surface area contributed by atoms with Crippen LogP contribution in [-0.2, 0) is 5.41 Å². The van der Waals surface area contributed by atoms with Crippen molar-refractivity contribution in [3.8, 4) is 5.75 Å². The minimum Gasteiger partial charge on any atom is -0.512 e. The maximum atomic E-state index is 10.5.